The normalized spacial score (nSPS) is 19.1. The highest BCUT2D eigenvalue weighted by Gasteiger charge is 2.35. The van der Waals surface area contributed by atoms with E-state index in [0.29, 0.717) is 34.6 Å². The Bertz CT molecular complexity index is 1300. The minimum Gasteiger partial charge on any atom is -0.419 e. The van der Waals surface area contributed by atoms with Crippen molar-refractivity contribution in [1.29, 1.82) is 0 Å². The van der Waals surface area contributed by atoms with Crippen molar-refractivity contribution in [3.63, 3.8) is 0 Å². The lowest BCUT2D eigenvalue weighted by Crippen LogP contribution is -2.58. The summed E-state index contributed by atoms with van der Waals surface area (Å²) in [5.74, 6) is 2.08. The summed E-state index contributed by atoms with van der Waals surface area (Å²) in [4.78, 5) is 29.6. The van der Waals surface area contributed by atoms with E-state index >= 15 is 0 Å². The van der Waals surface area contributed by atoms with Crippen molar-refractivity contribution in [2.75, 3.05) is 37.6 Å². The van der Waals surface area contributed by atoms with Crippen LogP contribution in [0, 0.1) is 13.8 Å². The standard InChI is InChI=1S/C29H38ClN7O2/c1-5-7-26-33-34-28(39-26)25-17-31-27(20(4)32-25)36-14-15-37(22(6-2)18-36)23-10-12-35(13-11-23)29(38)21-8-9-24(30)19(3)16-21/h8-9,16-17,22-23H,5-7,10-15,18H2,1-4H3/t22-/m0/s1. The lowest BCUT2D eigenvalue weighted by atomic mass is 9.97. The van der Waals surface area contributed by atoms with E-state index in [4.69, 9.17) is 26.0 Å². The van der Waals surface area contributed by atoms with Crippen molar-refractivity contribution in [3.8, 4) is 11.6 Å². The molecule has 5 rings (SSSR count). The molecule has 1 atom stereocenters. The maximum atomic E-state index is 13.1. The first-order valence-electron chi connectivity index (χ1n) is 14.1. The van der Waals surface area contributed by atoms with Crippen LogP contribution in [0.25, 0.3) is 11.6 Å². The van der Waals surface area contributed by atoms with Crippen molar-refractivity contribution in [3.05, 3.63) is 52.1 Å². The van der Waals surface area contributed by atoms with Gasteiger partial charge in [0.1, 0.15) is 11.5 Å². The quantitative estimate of drug-likeness (QED) is 0.407. The van der Waals surface area contributed by atoms with Crippen LogP contribution in [0.15, 0.2) is 28.8 Å². The maximum absolute atomic E-state index is 13.1. The zero-order valence-electron chi connectivity index (χ0n) is 23.4. The van der Waals surface area contributed by atoms with Crippen LogP contribution in [-0.2, 0) is 6.42 Å². The van der Waals surface area contributed by atoms with Crippen molar-refractivity contribution in [2.45, 2.75) is 71.9 Å². The molecule has 1 amide bonds. The number of carbonyl (C=O) groups excluding carboxylic acids is 1. The molecule has 0 unspecified atom stereocenters. The van der Waals surface area contributed by atoms with E-state index in [0.717, 1.165) is 87.5 Å². The first-order valence-corrected chi connectivity index (χ1v) is 14.5. The Hall–Kier alpha value is -3.04. The second-order valence-corrected chi connectivity index (χ2v) is 11.1. The number of aryl methyl sites for hydroxylation is 3. The summed E-state index contributed by atoms with van der Waals surface area (Å²) in [6, 6.07) is 6.46. The van der Waals surface area contributed by atoms with Crippen LogP contribution in [0.1, 0.15) is 67.0 Å². The van der Waals surface area contributed by atoms with Crippen LogP contribution >= 0.6 is 11.6 Å². The van der Waals surface area contributed by atoms with Crippen LogP contribution in [0.4, 0.5) is 5.82 Å². The average Bonchev–Trinajstić information content (AvgIpc) is 3.43. The zero-order valence-corrected chi connectivity index (χ0v) is 24.1. The van der Waals surface area contributed by atoms with Crippen molar-refractivity contribution in [2.24, 2.45) is 0 Å². The molecule has 39 heavy (non-hydrogen) atoms. The van der Waals surface area contributed by atoms with Gasteiger partial charge in [0.2, 0.25) is 5.89 Å². The Labute approximate surface area is 235 Å². The molecule has 3 aromatic rings. The third-order valence-corrected chi connectivity index (χ3v) is 8.42. The van der Waals surface area contributed by atoms with Crippen LogP contribution in [0.2, 0.25) is 5.02 Å². The number of aromatic nitrogens is 4. The third kappa shape index (κ3) is 5.94. The van der Waals surface area contributed by atoms with Crippen LogP contribution in [-0.4, -0.2) is 80.7 Å². The summed E-state index contributed by atoms with van der Waals surface area (Å²) in [7, 11) is 0. The predicted molar refractivity (Wildman–Crippen MR) is 152 cm³/mol. The van der Waals surface area contributed by atoms with Gasteiger partial charge >= 0.3 is 0 Å². The topological polar surface area (TPSA) is 91.5 Å². The molecule has 0 N–H and O–H groups in total. The molecule has 2 fully saturated rings. The van der Waals surface area contributed by atoms with E-state index in [-0.39, 0.29) is 5.91 Å². The van der Waals surface area contributed by atoms with Gasteiger partial charge in [0.25, 0.3) is 11.8 Å². The van der Waals surface area contributed by atoms with E-state index in [1.54, 1.807) is 6.20 Å². The zero-order chi connectivity index (χ0) is 27.5. The number of hydrogen-bond acceptors (Lipinski definition) is 8. The van der Waals surface area contributed by atoms with Crippen molar-refractivity contribution in [1.82, 2.24) is 30.0 Å². The van der Waals surface area contributed by atoms with E-state index in [9.17, 15) is 4.79 Å². The highest BCUT2D eigenvalue weighted by atomic mass is 35.5. The van der Waals surface area contributed by atoms with Gasteiger partial charge < -0.3 is 14.2 Å². The molecule has 2 aromatic heterocycles. The monoisotopic (exact) mass is 551 g/mol. The molecule has 0 spiro atoms. The predicted octanol–water partition coefficient (Wildman–Crippen LogP) is 4.95. The fraction of sp³-hybridized carbons (Fsp3) is 0.552. The number of hydrogen-bond donors (Lipinski definition) is 0. The second kappa shape index (κ2) is 12.0. The minimum atomic E-state index is 0.102. The number of benzene rings is 1. The lowest BCUT2D eigenvalue weighted by molar-refractivity contribution is 0.0490. The van der Waals surface area contributed by atoms with Gasteiger partial charge in [-0.05, 0) is 63.3 Å². The lowest BCUT2D eigenvalue weighted by Gasteiger charge is -2.47. The second-order valence-electron chi connectivity index (χ2n) is 10.6. The average molecular weight is 552 g/mol. The van der Waals surface area contributed by atoms with E-state index in [1.807, 2.05) is 36.9 Å². The minimum absolute atomic E-state index is 0.102. The largest absolute Gasteiger partial charge is 0.419 e. The molecule has 0 aliphatic carbocycles. The van der Waals surface area contributed by atoms with Crippen LogP contribution in [0.5, 0.6) is 0 Å². The van der Waals surface area contributed by atoms with Gasteiger partial charge in [-0.1, -0.05) is 25.4 Å². The number of carbonyl (C=O) groups is 1. The molecule has 2 aliphatic rings. The molecule has 1 aromatic carbocycles. The van der Waals surface area contributed by atoms with Gasteiger partial charge in [-0.3, -0.25) is 9.69 Å². The molecule has 208 valence electrons. The fourth-order valence-corrected chi connectivity index (χ4v) is 5.95. The Balaban J connectivity index is 1.20. The number of anilines is 1. The summed E-state index contributed by atoms with van der Waals surface area (Å²) >= 11 is 6.15. The number of amides is 1. The summed E-state index contributed by atoms with van der Waals surface area (Å²) in [5, 5.41) is 8.95. The Morgan fingerprint density at radius 2 is 1.90 bits per heavy atom. The highest BCUT2D eigenvalue weighted by molar-refractivity contribution is 6.31. The van der Waals surface area contributed by atoms with Gasteiger partial charge in [0, 0.05) is 61.8 Å². The number of piperidine rings is 1. The Kier molecular flexibility index (Phi) is 8.47. The van der Waals surface area contributed by atoms with Crippen molar-refractivity contribution >= 4 is 23.3 Å². The van der Waals surface area contributed by atoms with Gasteiger partial charge in [-0.25, -0.2) is 9.97 Å². The number of likely N-dealkylation sites (tertiary alicyclic amines) is 1. The fourth-order valence-electron chi connectivity index (χ4n) is 5.83. The van der Waals surface area contributed by atoms with E-state index in [2.05, 4.69) is 33.8 Å². The molecule has 9 nitrogen and oxygen atoms in total. The Morgan fingerprint density at radius 1 is 1.10 bits per heavy atom. The first-order chi connectivity index (χ1) is 18.9. The molecule has 2 saturated heterocycles. The number of nitrogens with zero attached hydrogens (tertiary/aromatic N) is 7. The van der Waals surface area contributed by atoms with Crippen LogP contribution < -0.4 is 4.90 Å². The maximum Gasteiger partial charge on any atom is 0.267 e. The summed E-state index contributed by atoms with van der Waals surface area (Å²) in [5.41, 5.74) is 3.15. The van der Waals surface area contributed by atoms with Gasteiger partial charge in [-0.2, -0.15) is 0 Å². The number of halogens is 1. The van der Waals surface area contributed by atoms with E-state index in [1.165, 1.54) is 0 Å². The van der Waals surface area contributed by atoms with Gasteiger partial charge in [0.05, 0.1) is 11.9 Å². The molecule has 0 radical (unpaired) electrons. The van der Waals surface area contributed by atoms with Crippen LogP contribution in [0.3, 0.4) is 0 Å². The molecule has 2 aliphatic heterocycles. The summed E-state index contributed by atoms with van der Waals surface area (Å²) < 4.78 is 5.75. The number of rotatable bonds is 7. The molecular weight excluding hydrogens is 514 g/mol. The molecular formula is C29H38ClN7O2. The SMILES string of the molecule is CCCc1nnc(-c2cnc(N3CCN(C4CCN(C(=O)c5ccc(Cl)c(C)c5)CC4)[C@@H](CC)C3)c(C)n2)o1. The summed E-state index contributed by atoms with van der Waals surface area (Å²) in [6.45, 7) is 12.6. The molecule has 0 saturated carbocycles. The van der Waals surface area contributed by atoms with Gasteiger partial charge in [0.15, 0.2) is 0 Å². The number of piperazine rings is 1. The summed E-state index contributed by atoms with van der Waals surface area (Å²) in [6.07, 6.45) is 6.51. The Morgan fingerprint density at radius 3 is 2.59 bits per heavy atom. The molecule has 0 bridgehead atoms. The molecule has 10 heteroatoms. The highest BCUT2D eigenvalue weighted by Crippen LogP contribution is 2.28. The van der Waals surface area contributed by atoms with Gasteiger partial charge in [-0.15, -0.1) is 10.2 Å². The molecule has 4 heterocycles. The van der Waals surface area contributed by atoms with Crippen molar-refractivity contribution < 1.29 is 9.21 Å². The third-order valence-electron chi connectivity index (χ3n) is 8.00. The first kappa shape index (κ1) is 27.5. The van der Waals surface area contributed by atoms with E-state index < -0.39 is 0 Å². The smallest absolute Gasteiger partial charge is 0.267 e.